The lowest BCUT2D eigenvalue weighted by Crippen LogP contribution is -2.28. The van der Waals surface area contributed by atoms with E-state index in [1.807, 2.05) is 42.5 Å². The van der Waals surface area contributed by atoms with E-state index < -0.39 is 4.92 Å². The summed E-state index contributed by atoms with van der Waals surface area (Å²) in [7, 11) is 1.59. The number of aliphatic imine (C=N–C) groups is 1. The molecule has 4 rings (SSSR count). The number of ether oxygens (including phenoxy) is 1. The van der Waals surface area contributed by atoms with Crippen LogP contribution in [0.25, 0.3) is 6.08 Å². The molecule has 0 spiro atoms. The number of amides is 1. The van der Waals surface area contributed by atoms with Crippen molar-refractivity contribution in [3.05, 3.63) is 99.4 Å². The van der Waals surface area contributed by atoms with Gasteiger partial charge in [-0.1, -0.05) is 30.3 Å². The fourth-order valence-electron chi connectivity index (χ4n) is 3.00. The van der Waals surface area contributed by atoms with Gasteiger partial charge in [-0.3, -0.25) is 19.8 Å². The van der Waals surface area contributed by atoms with Crippen molar-refractivity contribution in [3.8, 4) is 5.75 Å². The average molecular weight is 431 g/mol. The highest BCUT2D eigenvalue weighted by atomic mass is 32.2. The Hall–Kier alpha value is -3.91. The minimum atomic E-state index is -0.460. The van der Waals surface area contributed by atoms with Gasteiger partial charge in [0.1, 0.15) is 5.75 Å². The van der Waals surface area contributed by atoms with Crippen molar-refractivity contribution in [2.24, 2.45) is 4.99 Å². The van der Waals surface area contributed by atoms with Gasteiger partial charge in [0.25, 0.3) is 11.6 Å². The van der Waals surface area contributed by atoms with Crippen LogP contribution in [-0.4, -0.2) is 23.1 Å². The zero-order chi connectivity index (χ0) is 21.8. The van der Waals surface area contributed by atoms with Crippen LogP contribution in [0.3, 0.4) is 0 Å². The number of amidine groups is 1. The molecule has 3 aromatic carbocycles. The molecule has 1 amide bonds. The third kappa shape index (κ3) is 4.49. The number of nitrogens with zero attached hydrogens (tertiary/aromatic N) is 3. The Kier molecular flexibility index (Phi) is 5.81. The lowest BCUT2D eigenvalue weighted by Gasteiger charge is -2.15. The minimum Gasteiger partial charge on any atom is -0.497 e. The van der Waals surface area contributed by atoms with Gasteiger partial charge in [0.15, 0.2) is 5.17 Å². The molecule has 0 unspecified atom stereocenters. The number of benzene rings is 3. The van der Waals surface area contributed by atoms with Crippen molar-refractivity contribution in [2.75, 3.05) is 12.0 Å². The van der Waals surface area contributed by atoms with Crippen LogP contribution < -0.4 is 9.64 Å². The highest BCUT2D eigenvalue weighted by Crippen LogP contribution is 2.37. The smallest absolute Gasteiger partial charge is 0.271 e. The predicted molar refractivity (Wildman–Crippen MR) is 123 cm³/mol. The topological polar surface area (TPSA) is 85.0 Å². The summed E-state index contributed by atoms with van der Waals surface area (Å²) in [6, 6.07) is 22.6. The SMILES string of the molecule is COc1ccc(N=C2S/C(=C/c3cccc([N+](=O)[O-])c3)C(=O)N2c2ccccc2)cc1. The van der Waals surface area contributed by atoms with Crippen molar-refractivity contribution >= 4 is 46.0 Å². The van der Waals surface area contributed by atoms with Crippen molar-refractivity contribution in [1.82, 2.24) is 0 Å². The van der Waals surface area contributed by atoms with Gasteiger partial charge < -0.3 is 4.74 Å². The van der Waals surface area contributed by atoms with Gasteiger partial charge in [-0.05, 0) is 59.8 Å². The molecule has 8 heteroatoms. The zero-order valence-corrected chi connectivity index (χ0v) is 17.3. The van der Waals surface area contributed by atoms with Crippen LogP contribution in [0, 0.1) is 10.1 Å². The van der Waals surface area contributed by atoms with E-state index in [1.165, 1.54) is 28.8 Å². The van der Waals surface area contributed by atoms with Gasteiger partial charge >= 0.3 is 0 Å². The van der Waals surface area contributed by atoms with Crippen molar-refractivity contribution < 1.29 is 14.5 Å². The highest BCUT2D eigenvalue weighted by molar-refractivity contribution is 8.19. The summed E-state index contributed by atoms with van der Waals surface area (Å²) in [6.07, 6.45) is 1.65. The van der Waals surface area contributed by atoms with E-state index in [0.29, 0.717) is 32.8 Å². The summed E-state index contributed by atoms with van der Waals surface area (Å²) in [5, 5.41) is 11.6. The van der Waals surface area contributed by atoms with Crippen LogP contribution in [0.5, 0.6) is 5.75 Å². The Bertz CT molecular complexity index is 1190. The molecule has 1 heterocycles. The molecule has 3 aromatic rings. The zero-order valence-electron chi connectivity index (χ0n) is 16.5. The first-order valence-corrected chi connectivity index (χ1v) is 10.1. The third-order valence-electron chi connectivity index (χ3n) is 4.50. The molecule has 0 bridgehead atoms. The summed E-state index contributed by atoms with van der Waals surface area (Å²) >= 11 is 1.22. The number of methoxy groups -OCH3 is 1. The second-order valence-electron chi connectivity index (χ2n) is 6.53. The minimum absolute atomic E-state index is 0.0307. The lowest BCUT2D eigenvalue weighted by molar-refractivity contribution is -0.384. The number of carbonyl (C=O) groups excluding carboxylic acids is 1. The Balaban J connectivity index is 1.74. The van der Waals surface area contributed by atoms with Crippen molar-refractivity contribution in [1.29, 1.82) is 0 Å². The van der Waals surface area contributed by atoms with E-state index in [2.05, 4.69) is 4.99 Å². The molecule has 1 saturated heterocycles. The monoisotopic (exact) mass is 431 g/mol. The number of hydrogen-bond acceptors (Lipinski definition) is 6. The number of anilines is 1. The van der Waals surface area contributed by atoms with E-state index in [9.17, 15) is 14.9 Å². The Morgan fingerprint density at radius 1 is 1.03 bits per heavy atom. The maximum atomic E-state index is 13.2. The molecule has 0 radical (unpaired) electrons. The van der Waals surface area contributed by atoms with Crippen LogP contribution in [0.4, 0.5) is 17.1 Å². The Morgan fingerprint density at radius 3 is 2.45 bits per heavy atom. The van der Waals surface area contributed by atoms with Gasteiger partial charge in [-0.25, -0.2) is 4.99 Å². The van der Waals surface area contributed by atoms with Gasteiger partial charge in [0.05, 0.1) is 28.3 Å². The van der Waals surface area contributed by atoms with Crippen LogP contribution in [-0.2, 0) is 4.79 Å². The standard InChI is InChI=1S/C23H17N3O4S/c1-30-20-12-10-17(11-13-20)24-23-25(18-7-3-2-4-8-18)22(27)21(31-23)15-16-6-5-9-19(14-16)26(28)29/h2-15H,1H3/b21-15+,24-23?. The number of thioether (sulfide) groups is 1. The number of nitro groups is 1. The average Bonchev–Trinajstić information content (AvgIpc) is 3.09. The fraction of sp³-hybridized carbons (Fsp3) is 0.0435. The van der Waals surface area contributed by atoms with Crippen LogP contribution >= 0.6 is 11.8 Å². The van der Waals surface area contributed by atoms with Crippen LogP contribution in [0.1, 0.15) is 5.56 Å². The van der Waals surface area contributed by atoms with E-state index in [0.717, 1.165) is 0 Å². The number of rotatable bonds is 5. The van der Waals surface area contributed by atoms with Gasteiger partial charge in [0.2, 0.25) is 0 Å². The highest BCUT2D eigenvalue weighted by Gasteiger charge is 2.34. The lowest BCUT2D eigenvalue weighted by atomic mass is 10.2. The number of para-hydroxylation sites is 1. The summed E-state index contributed by atoms with van der Waals surface area (Å²) in [5.74, 6) is 0.472. The fourth-order valence-corrected chi connectivity index (χ4v) is 4.00. The number of nitro benzene ring substituents is 1. The van der Waals surface area contributed by atoms with Crippen molar-refractivity contribution in [2.45, 2.75) is 0 Å². The molecule has 154 valence electrons. The summed E-state index contributed by atoms with van der Waals surface area (Å²) < 4.78 is 5.18. The molecule has 31 heavy (non-hydrogen) atoms. The maximum absolute atomic E-state index is 13.2. The summed E-state index contributed by atoms with van der Waals surface area (Å²) in [5.41, 5.74) is 1.91. The molecule has 0 aliphatic carbocycles. The molecule has 0 saturated carbocycles. The Labute approximate surface area is 182 Å². The number of carbonyl (C=O) groups is 1. The summed E-state index contributed by atoms with van der Waals surface area (Å²) in [4.78, 5) is 30.5. The van der Waals surface area contributed by atoms with E-state index >= 15 is 0 Å². The van der Waals surface area contributed by atoms with Gasteiger partial charge in [-0.2, -0.15) is 0 Å². The number of hydrogen-bond donors (Lipinski definition) is 0. The maximum Gasteiger partial charge on any atom is 0.271 e. The quantitative estimate of drug-likeness (QED) is 0.306. The molecule has 1 aliphatic rings. The molecule has 1 aliphatic heterocycles. The van der Waals surface area contributed by atoms with Crippen LogP contribution in [0.2, 0.25) is 0 Å². The molecular formula is C23H17N3O4S. The molecule has 0 aromatic heterocycles. The second kappa shape index (κ2) is 8.85. The first-order chi connectivity index (χ1) is 15.0. The largest absolute Gasteiger partial charge is 0.497 e. The molecule has 1 fully saturated rings. The Morgan fingerprint density at radius 2 is 1.77 bits per heavy atom. The normalized spacial score (nSPS) is 16.2. The van der Waals surface area contributed by atoms with Crippen LogP contribution in [0.15, 0.2) is 88.8 Å². The molecule has 0 N–H and O–H groups in total. The predicted octanol–water partition coefficient (Wildman–Crippen LogP) is 5.41. The first kappa shape index (κ1) is 20.4. The van der Waals surface area contributed by atoms with E-state index in [1.54, 1.807) is 37.5 Å². The van der Waals surface area contributed by atoms with Crippen molar-refractivity contribution in [3.63, 3.8) is 0 Å². The number of non-ortho nitro benzene ring substituents is 1. The second-order valence-corrected chi connectivity index (χ2v) is 7.54. The summed E-state index contributed by atoms with van der Waals surface area (Å²) in [6.45, 7) is 0. The van der Waals surface area contributed by atoms with Gasteiger partial charge in [0, 0.05) is 12.1 Å². The van der Waals surface area contributed by atoms with Gasteiger partial charge in [-0.15, -0.1) is 0 Å². The van der Waals surface area contributed by atoms with E-state index in [4.69, 9.17) is 4.74 Å². The van der Waals surface area contributed by atoms with E-state index in [-0.39, 0.29) is 11.6 Å². The first-order valence-electron chi connectivity index (χ1n) is 9.31. The molecular weight excluding hydrogens is 414 g/mol. The third-order valence-corrected chi connectivity index (χ3v) is 5.47. The molecule has 0 atom stereocenters. The molecule has 7 nitrogen and oxygen atoms in total.